The Morgan fingerprint density at radius 3 is 2.97 bits per heavy atom. The van der Waals surface area contributed by atoms with Crippen molar-refractivity contribution in [3.63, 3.8) is 0 Å². The fraction of sp³-hybridized carbons (Fsp3) is 0.440. The smallest absolute Gasteiger partial charge is 0.261 e. The van der Waals surface area contributed by atoms with E-state index in [1.54, 1.807) is 4.57 Å². The molecule has 2 aliphatic carbocycles. The van der Waals surface area contributed by atoms with Gasteiger partial charge in [0.05, 0.1) is 4.91 Å². The number of aromatic nitrogens is 1. The molecule has 7 heteroatoms. The molecule has 3 unspecified atom stereocenters. The van der Waals surface area contributed by atoms with Gasteiger partial charge in [-0.1, -0.05) is 42.5 Å². The molecule has 1 aromatic carbocycles. The minimum atomic E-state index is -0.246. The zero-order chi connectivity index (χ0) is 22.4. The highest BCUT2D eigenvalue weighted by Crippen LogP contribution is 2.51. The Hall–Kier alpha value is -1.83. The number of aromatic hydroxyl groups is 1. The Labute approximate surface area is 202 Å². The highest BCUT2D eigenvalue weighted by molar-refractivity contribution is 8.05. The summed E-state index contributed by atoms with van der Waals surface area (Å²) >= 11 is 8.41. The number of hydrogen-bond donors (Lipinski definition) is 1. The molecule has 1 saturated carbocycles. The number of thiazole rings is 1. The molecule has 0 radical (unpaired) electrons. The Morgan fingerprint density at radius 1 is 1.34 bits per heavy atom. The monoisotopic (exact) mass is 484 g/mol. The summed E-state index contributed by atoms with van der Waals surface area (Å²) in [5.74, 6) is 1.72. The van der Waals surface area contributed by atoms with E-state index in [4.69, 9.17) is 12.2 Å². The number of hydrogen-bond acceptors (Lipinski definition) is 5. The van der Waals surface area contributed by atoms with Crippen LogP contribution < -0.4 is 0 Å². The molecule has 3 atom stereocenters. The van der Waals surface area contributed by atoms with Crippen molar-refractivity contribution in [3.8, 4) is 5.88 Å². The molecule has 32 heavy (non-hydrogen) atoms. The third kappa shape index (κ3) is 3.68. The van der Waals surface area contributed by atoms with Crippen molar-refractivity contribution in [1.29, 1.82) is 0 Å². The quantitative estimate of drug-likeness (QED) is 0.284. The molecule has 3 aliphatic rings. The number of fused-ring (bicyclic) bond motifs is 3. The van der Waals surface area contributed by atoms with Crippen LogP contribution in [0.1, 0.15) is 65.5 Å². The highest BCUT2D eigenvalue weighted by atomic mass is 32.2. The molecule has 1 N–H and O–H groups in total. The SMILES string of the molecule is C=CCCn1c(O)c(C2SC(=Cc3ccc4c(c3)C3CCCC3C4)C(=O)N2CC)sc1=S. The molecule has 4 nitrogen and oxygen atoms in total. The molecule has 168 valence electrons. The van der Waals surface area contributed by atoms with E-state index in [-0.39, 0.29) is 17.2 Å². The van der Waals surface area contributed by atoms with Crippen molar-refractivity contribution in [2.45, 2.75) is 56.9 Å². The second-order valence-corrected chi connectivity index (χ2v) is 11.6. The summed E-state index contributed by atoms with van der Waals surface area (Å²) in [6.45, 7) is 6.92. The molecule has 1 saturated heterocycles. The number of likely N-dealkylation sites (N-methyl/N-ethyl adjacent to an activating group) is 1. The minimum absolute atomic E-state index is 0.0260. The number of carbonyl (C=O) groups is 1. The maximum Gasteiger partial charge on any atom is 0.261 e. The van der Waals surface area contributed by atoms with Crippen molar-refractivity contribution < 1.29 is 9.90 Å². The Kier molecular flexibility index (Phi) is 6.07. The second-order valence-electron chi connectivity index (χ2n) is 8.81. The first-order chi connectivity index (χ1) is 15.5. The van der Waals surface area contributed by atoms with E-state index < -0.39 is 0 Å². The number of thioether (sulfide) groups is 1. The summed E-state index contributed by atoms with van der Waals surface area (Å²) in [6.07, 6.45) is 9.77. The van der Waals surface area contributed by atoms with E-state index >= 15 is 0 Å². The Morgan fingerprint density at radius 2 is 2.19 bits per heavy atom. The summed E-state index contributed by atoms with van der Waals surface area (Å²) in [5.41, 5.74) is 4.09. The Balaban J connectivity index is 1.45. The summed E-state index contributed by atoms with van der Waals surface area (Å²) < 4.78 is 2.38. The molecule has 1 amide bonds. The average molecular weight is 485 g/mol. The lowest BCUT2D eigenvalue weighted by Crippen LogP contribution is -2.27. The molecular formula is C25H28N2O2S3. The third-order valence-corrected chi connectivity index (χ3v) is 9.92. The van der Waals surface area contributed by atoms with Gasteiger partial charge in [0.15, 0.2) is 3.95 Å². The van der Waals surface area contributed by atoms with Gasteiger partial charge < -0.3 is 10.0 Å². The lowest BCUT2D eigenvalue weighted by molar-refractivity contribution is -0.125. The molecular weight excluding hydrogens is 456 g/mol. The average Bonchev–Trinajstić information content (AvgIpc) is 3.51. The fourth-order valence-electron chi connectivity index (χ4n) is 5.43. The van der Waals surface area contributed by atoms with Crippen molar-refractivity contribution in [1.82, 2.24) is 9.47 Å². The van der Waals surface area contributed by atoms with Crippen LogP contribution in [0.4, 0.5) is 0 Å². The predicted octanol–water partition coefficient (Wildman–Crippen LogP) is 6.64. The van der Waals surface area contributed by atoms with Gasteiger partial charge in [-0.2, -0.15) is 0 Å². The standard InChI is InChI=1S/C25H28N2O2S3/c1-3-5-11-27-23(29)21(32-25(27)30)24-26(4-2)22(28)20(31-24)13-15-9-10-17-14-16-7-6-8-18(16)19(17)12-15/h3,9-10,12-13,16,18,24,29H,1,4-8,11,14H2,2H3. The van der Waals surface area contributed by atoms with Gasteiger partial charge in [-0.25, -0.2) is 0 Å². The van der Waals surface area contributed by atoms with Crippen LogP contribution in [0, 0.1) is 9.87 Å². The van der Waals surface area contributed by atoms with Gasteiger partial charge in [0.1, 0.15) is 10.3 Å². The number of nitrogens with zero attached hydrogens (tertiary/aromatic N) is 2. The third-order valence-electron chi connectivity index (χ3n) is 7.02. The van der Waals surface area contributed by atoms with Gasteiger partial charge in [-0.05, 0) is 79.4 Å². The molecule has 0 bridgehead atoms. The van der Waals surface area contributed by atoms with Crippen LogP contribution in [0.2, 0.25) is 0 Å². The first-order valence-electron chi connectivity index (χ1n) is 11.4. The van der Waals surface area contributed by atoms with Gasteiger partial charge in [-0.15, -0.1) is 17.9 Å². The van der Waals surface area contributed by atoms with Gasteiger partial charge in [0.25, 0.3) is 5.91 Å². The molecule has 5 rings (SSSR count). The van der Waals surface area contributed by atoms with E-state index in [2.05, 4.69) is 24.8 Å². The highest BCUT2D eigenvalue weighted by Gasteiger charge is 2.40. The van der Waals surface area contributed by atoms with E-state index in [1.165, 1.54) is 59.9 Å². The molecule has 2 heterocycles. The van der Waals surface area contributed by atoms with Crippen molar-refractivity contribution in [3.05, 3.63) is 61.3 Å². The molecule has 2 fully saturated rings. The number of amides is 1. The zero-order valence-corrected chi connectivity index (χ0v) is 20.7. The van der Waals surface area contributed by atoms with Crippen LogP contribution >= 0.6 is 35.3 Å². The van der Waals surface area contributed by atoms with Crippen molar-refractivity contribution >= 4 is 47.3 Å². The van der Waals surface area contributed by atoms with Crippen molar-refractivity contribution in [2.24, 2.45) is 5.92 Å². The number of benzene rings is 1. The normalized spacial score (nSPS) is 25.5. The largest absolute Gasteiger partial charge is 0.494 e. The minimum Gasteiger partial charge on any atom is -0.494 e. The number of rotatable bonds is 6. The van der Waals surface area contributed by atoms with Crippen LogP contribution in [0.5, 0.6) is 5.88 Å². The first-order valence-corrected chi connectivity index (χ1v) is 13.5. The first kappa shape index (κ1) is 22.0. The summed E-state index contributed by atoms with van der Waals surface area (Å²) in [4.78, 5) is 16.5. The number of allylic oxidation sites excluding steroid dienone is 1. The summed E-state index contributed by atoms with van der Waals surface area (Å²) in [5, 5.41) is 10.6. The van der Waals surface area contributed by atoms with Gasteiger partial charge in [0, 0.05) is 13.1 Å². The van der Waals surface area contributed by atoms with Gasteiger partial charge in [0.2, 0.25) is 5.88 Å². The van der Waals surface area contributed by atoms with Crippen LogP contribution in [-0.2, 0) is 17.8 Å². The van der Waals surface area contributed by atoms with Crippen LogP contribution in [-0.4, -0.2) is 27.0 Å². The topological polar surface area (TPSA) is 45.5 Å². The summed E-state index contributed by atoms with van der Waals surface area (Å²) in [7, 11) is 0. The molecule has 1 aromatic heterocycles. The number of carbonyl (C=O) groups excluding carboxylic acids is 1. The van der Waals surface area contributed by atoms with Crippen LogP contribution in [0.15, 0.2) is 35.8 Å². The maximum atomic E-state index is 13.2. The van der Waals surface area contributed by atoms with Crippen LogP contribution in [0.3, 0.4) is 0 Å². The maximum absolute atomic E-state index is 13.2. The lowest BCUT2D eigenvalue weighted by Gasteiger charge is -2.20. The van der Waals surface area contributed by atoms with E-state index in [0.29, 0.717) is 23.0 Å². The van der Waals surface area contributed by atoms with Crippen LogP contribution in [0.25, 0.3) is 6.08 Å². The van der Waals surface area contributed by atoms with Crippen molar-refractivity contribution in [2.75, 3.05) is 6.54 Å². The molecule has 2 aromatic rings. The van der Waals surface area contributed by atoms with E-state index in [1.807, 2.05) is 24.0 Å². The van der Waals surface area contributed by atoms with Gasteiger partial charge >= 0.3 is 0 Å². The lowest BCUT2D eigenvalue weighted by atomic mass is 9.95. The van der Waals surface area contributed by atoms with E-state index in [0.717, 1.165) is 27.7 Å². The van der Waals surface area contributed by atoms with E-state index in [9.17, 15) is 9.90 Å². The predicted molar refractivity (Wildman–Crippen MR) is 136 cm³/mol. The molecule has 1 aliphatic heterocycles. The molecule has 0 spiro atoms. The van der Waals surface area contributed by atoms with Gasteiger partial charge in [-0.3, -0.25) is 9.36 Å². The summed E-state index contributed by atoms with van der Waals surface area (Å²) in [6, 6.07) is 6.72. The fourth-order valence-corrected chi connectivity index (χ4v) is 8.32. The zero-order valence-electron chi connectivity index (χ0n) is 18.3. The Bertz CT molecular complexity index is 1160. The second kappa shape index (κ2) is 8.84.